The monoisotopic (exact) mass is 336 g/mol. The van der Waals surface area contributed by atoms with Crippen molar-refractivity contribution < 1.29 is 4.79 Å². The van der Waals surface area contributed by atoms with E-state index in [9.17, 15) is 4.79 Å². The van der Waals surface area contributed by atoms with E-state index in [1.54, 1.807) is 0 Å². The van der Waals surface area contributed by atoms with E-state index in [-0.39, 0.29) is 30.4 Å². The third kappa shape index (κ3) is 4.71. The molecule has 4 atom stereocenters. The van der Waals surface area contributed by atoms with Gasteiger partial charge in [0.25, 0.3) is 0 Å². The lowest BCUT2D eigenvalue weighted by Gasteiger charge is -2.24. The summed E-state index contributed by atoms with van der Waals surface area (Å²) in [6, 6.07) is 11.3. The summed E-state index contributed by atoms with van der Waals surface area (Å²) >= 11 is 0. The molecule has 1 aromatic carbocycles. The summed E-state index contributed by atoms with van der Waals surface area (Å²) in [7, 11) is 0. The smallest absolute Gasteiger partial charge is 0.237 e. The topological polar surface area (TPSA) is 41.1 Å². The Hall–Kier alpha value is -1.06. The summed E-state index contributed by atoms with van der Waals surface area (Å²) in [4.78, 5) is 12.6. The summed E-state index contributed by atoms with van der Waals surface area (Å²) in [6.07, 6.45) is 8.11. The van der Waals surface area contributed by atoms with Crippen molar-refractivity contribution in [3.63, 3.8) is 0 Å². The maximum Gasteiger partial charge on any atom is 0.237 e. The molecule has 0 spiro atoms. The molecule has 4 unspecified atom stereocenters. The Balaban J connectivity index is 0.00000192. The molecule has 1 heterocycles. The zero-order chi connectivity index (χ0) is 15.4. The maximum atomic E-state index is 12.6. The number of carbonyl (C=O) groups is 1. The molecule has 3 rings (SSSR count). The molecule has 0 aromatic heterocycles. The Morgan fingerprint density at radius 1 is 1.26 bits per heavy atom. The largest absolute Gasteiger partial charge is 0.352 e. The summed E-state index contributed by atoms with van der Waals surface area (Å²) in [6.45, 7) is 2.15. The van der Waals surface area contributed by atoms with E-state index in [2.05, 4.69) is 41.8 Å². The molecule has 1 saturated heterocycles. The maximum absolute atomic E-state index is 12.6. The van der Waals surface area contributed by atoms with E-state index < -0.39 is 0 Å². The van der Waals surface area contributed by atoms with Gasteiger partial charge in [-0.2, -0.15) is 0 Å². The Kier molecular flexibility index (Phi) is 6.91. The summed E-state index contributed by atoms with van der Waals surface area (Å²) < 4.78 is 0. The SMILES string of the molecule is CCC(Cc1ccccc1)NC(=O)C1CC2CCCCC2N1.Cl. The van der Waals surface area contributed by atoms with E-state index >= 15 is 0 Å². The molecule has 2 aliphatic rings. The van der Waals surface area contributed by atoms with Gasteiger partial charge in [-0.15, -0.1) is 12.4 Å². The molecule has 1 amide bonds. The molecule has 4 heteroatoms. The highest BCUT2D eigenvalue weighted by Gasteiger charge is 2.38. The van der Waals surface area contributed by atoms with Crippen LogP contribution in [0.5, 0.6) is 0 Å². The molecule has 2 fully saturated rings. The van der Waals surface area contributed by atoms with Crippen LogP contribution in [0.2, 0.25) is 0 Å². The first-order valence-corrected chi connectivity index (χ1v) is 8.86. The second-order valence-electron chi connectivity index (χ2n) is 6.91. The Morgan fingerprint density at radius 2 is 2.00 bits per heavy atom. The fourth-order valence-corrected chi connectivity index (χ4v) is 4.02. The quantitative estimate of drug-likeness (QED) is 0.864. The van der Waals surface area contributed by atoms with Gasteiger partial charge in [0, 0.05) is 12.1 Å². The third-order valence-corrected chi connectivity index (χ3v) is 5.34. The number of nitrogens with one attached hydrogen (secondary N) is 2. The normalized spacial score (nSPS) is 27.6. The Labute approximate surface area is 146 Å². The molecule has 1 aromatic rings. The van der Waals surface area contributed by atoms with Crippen molar-refractivity contribution in [2.45, 2.75) is 70.0 Å². The molecule has 1 aliphatic heterocycles. The minimum absolute atomic E-state index is 0. The lowest BCUT2D eigenvalue weighted by atomic mass is 9.85. The minimum Gasteiger partial charge on any atom is -0.352 e. The van der Waals surface area contributed by atoms with Crippen LogP contribution in [-0.4, -0.2) is 24.0 Å². The van der Waals surface area contributed by atoms with Gasteiger partial charge < -0.3 is 10.6 Å². The van der Waals surface area contributed by atoms with E-state index in [4.69, 9.17) is 0 Å². The van der Waals surface area contributed by atoms with Crippen LogP contribution in [-0.2, 0) is 11.2 Å². The molecule has 128 valence electrons. The van der Waals surface area contributed by atoms with Crippen molar-refractivity contribution in [2.24, 2.45) is 5.92 Å². The van der Waals surface area contributed by atoms with Crippen LogP contribution in [0.4, 0.5) is 0 Å². The van der Waals surface area contributed by atoms with Gasteiger partial charge in [-0.1, -0.05) is 50.1 Å². The highest BCUT2D eigenvalue weighted by atomic mass is 35.5. The van der Waals surface area contributed by atoms with E-state index in [1.807, 2.05) is 6.07 Å². The number of fused-ring (bicyclic) bond motifs is 1. The second-order valence-corrected chi connectivity index (χ2v) is 6.91. The van der Waals surface area contributed by atoms with Crippen molar-refractivity contribution in [1.29, 1.82) is 0 Å². The number of benzene rings is 1. The number of carbonyl (C=O) groups excluding carboxylic acids is 1. The average molecular weight is 337 g/mol. The predicted molar refractivity (Wildman–Crippen MR) is 96.9 cm³/mol. The summed E-state index contributed by atoms with van der Waals surface area (Å²) in [5.41, 5.74) is 1.29. The zero-order valence-electron chi connectivity index (χ0n) is 14.0. The van der Waals surface area contributed by atoms with Crippen LogP contribution in [0.15, 0.2) is 30.3 Å². The Bertz CT molecular complexity index is 479. The lowest BCUT2D eigenvalue weighted by Crippen LogP contribution is -2.47. The number of halogens is 1. The number of amides is 1. The standard InChI is InChI=1S/C19H28N2O.ClH/c1-2-16(12-14-8-4-3-5-9-14)20-19(22)18-13-15-10-6-7-11-17(15)21-18;/h3-5,8-9,15-18,21H,2,6-7,10-13H2,1H3,(H,20,22);1H. The van der Waals surface area contributed by atoms with Crippen LogP contribution in [0.3, 0.4) is 0 Å². The first-order chi connectivity index (χ1) is 10.8. The highest BCUT2D eigenvalue weighted by Crippen LogP contribution is 2.33. The summed E-state index contributed by atoms with van der Waals surface area (Å²) in [5.74, 6) is 0.927. The first-order valence-electron chi connectivity index (χ1n) is 8.86. The fourth-order valence-electron chi connectivity index (χ4n) is 4.02. The van der Waals surface area contributed by atoms with Crippen LogP contribution in [0.25, 0.3) is 0 Å². The zero-order valence-corrected chi connectivity index (χ0v) is 14.8. The molecule has 23 heavy (non-hydrogen) atoms. The lowest BCUT2D eigenvalue weighted by molar-refractivity contribution is -0.123. The number of rotatable bonds is 5. The predicted octanol–water partition coefficient (Wildman–Crippen LogP) is 3.47. The van der Waals surface area contributed by atoms with Crippen molar-refractivity contribution >= 4 is 18.3 Å². The van der Waals surface area contributed by atoms with E-state index in [1.165, 1.54) is 31.2 Å². The van der Waals surface area contributed by atoms with Crippen LogP contribution < -0.4 is 10.6 Å². The third-order valence-electron chi connectivity index (χ3n) is 5.34. The van der Waals surface area contributed by atoms with Crippen molar-refractivity contribution in [2.75, 3.05) is 0 Å². The van der Waals surface area contributed by atoms with Gasteiger partial charge in [0.1, 0.15) is 0 Å². The van der Waals surface area contributed by atoms with Gasteiger partial charge in [-0.3, -0.25) is 4.79 Å². The number of hydrogen-bond acceptors (Lipinski definition) is 2. The molecular formula is C19H29ClN2O. The molecule has 1 saturated carbocycles. The molecule has 0 radical (unpaired) electrons. The summed E-state index contributed by atoms with van der Waals surface area (Å²) in [5, 5.41) is 6.84. The molecule has 1 aliphatic carbocycles. The first kappa shape index (κ1) is 18.3. The van der Waals surface area contributed by atoms with Crippen LogP contribution >= 0.6 is 12.4 Å². The minimum atomic E-state index is 0. The van der Waals surface area contributed by atoms with Crippen LogP contribution in [0, 0.1) is 5.92 Å². The fraction of sp³-hybridized carbons (Fsp3) is 0.632. The van der Waals surface area contributed by atoms with E-state index in [0.29, 0.717) is 6.04 Å². The molecule has 3 nitrogen and oxygen atoms in total. The second kappa shape index (κ2) is 8.70. The van der Waals surface area contributed by atoms with Gasteiger partial charge in [0.15, 0.2) is 0 Å². The van der Waals surface area contributed by atoms with Gasteiger partial charge in [-0.25, -0.2) is 0 Å². The van der Waals surface area contributed by atoms with Gasteiger partial charge >= 0.3 is 0 Å². The van der Waals surface area contributed by atoms with Crippen molar-refractivity contribution in [3.8, 4) is 0 Å². The van der Waals surface area contributed by atoms with Gasteiger partial charge in [-0.05, 0) is 43.6 Å². The average Bonchev–Trinajstić information content (AvgIpc) is 2.99. The number of hydrogen-bond donors (Lipinski definition) is 2. The van der Waals surface area contributed by atoms with Gasteiger partial charge in [0.2, 0.25) is 5.91 Å². The highest BCUT2D eigenvalue weighted by molar-refractivity contribution is 5.85. The molecule has 0 bridgehead atoms. The van der Waals surface area contributed by atoms with Crippen LogP contribution in [0.1, 0.15) is 51.0 Å². The van der Waals surface area contributed by atoms with Gasteiger partial charge in [0.05, 0.1) is 6.04 Å². The van der Waals surface area contributed by atoms with E-state index in [0.717, 1.165) is 25.2 Å². The molecular weight excluding hydrogens is 308 g/mol. The van der Waals surface area contributed by atoms with Crippen molar-refractivity contribution in [1.82, 2.24) is 10.6 Å². The Morgan fingerprint density at radius 3 is 2.70 bits per heavy atom. The van der Waals surface area contributed by atoms with Crippen molar-refractivity contribution in [3.05, 3.63) is 35.9 Å². The molecule has 2 N–H and O–H groups in total.